The molecule has 3 aliphatic heterocycles. The van der Waals surface area contributed by atoms with Crippen molar-refractivity contribution in [1.29, 1.82) is 0 Å². The number of carbonyl (C=O) groups excluding carboxylic acids is 2. The Kier molecular flexibility index (Phi) is 4.20. The maximum Gasteiger partial charge on any atom is 0.246 e. The molecule has 6 nitrogen and oxygen atoms in total. The number of ether oxygens (including phenoxy) is 2. The van der Waals surface area contributed by atoms with E-state index in [1.807, 2.05) is 41.5 Å². The first kappa shape index (κ1) is 17.7. The fourth-order valence-corrected chi connectivity index (χ4v) is 4.10. The van der Waals surface area contributed by atoms with Crippen LogP contribution in [-0.4, -0.2) is 70.2 Å². The largest absolute Gasteiger partial charge is 0.371 e. The van der Waals surface area contributed by atoms with Crippen molar-refractivity contribution >= 4 is 11.8 Å². The molecule has 0 aromatic rings. The van der Waals surface area contributed by atoms with Gasteiger partial charge in [0.1, 0.15) is 12.1 Å². The minimum atomic E-state index is -0.366. The second-order valence-electron chi connectivity index (χ2n) is 9.19. The summed E-state index contributed by atoms with van der Waals surface area (Å²) < 4.78 is 12.0. The summed E-state index contributed by atoms with van der Waals surface area (Å²) in [6.07, 6.45) is 1.06. The summed E-state index contributed by atoms with van der Waals surface area (Å²) >= 11 is 0. The molecule has 3 heterocycles. The number of fused-ring (bicyclic) bond motifs is 2. The number of piperazine rings is 1. The summed E-state index contributed by atoms with van der Waals surface area (Å²) in [4.78, 5) is 29.2. The molecule has 0 aromatic carbocycles. The predicted octanol–water partition coefficient (Wildman–Crippen LogP) is 1.57. The van der Waals surface area contributed by atoms with E-state index in [1.165, 1.54) is 0 Å². The average Bonchev–Trinajstić information content (AvgIpc) is 2.96. The van der Waals surface area contributed by atoms with Crippen LogP contribution in [0.1, 0.15) is 54.4 Å². The molecular formula is C18H30N2O4. The third-order valence-corrected chi connectivity index (χ3v) is 4.70. The summed E-state index contributed by atoms with van der Waals surface area (Å²) in [5.74, 6) is 0.110. The molecule has 3 rings (SSSR count). The first-order valence-electron chi connectivity index (χ1n) is 8.91. The molecular weight excluding hydrogens is 308 g/mol. The summed E-state index contributed by atoms with van der Waals surface area (Å²) in [7, 11) is 0. The first-order valence-corrected chi connectivity index (χ1v) is 8.91. The number of amides is 2. The average molecular weight is 338 g/mol. The van der Waals surface area contributed by atoms with E-state index in [1.54, 1.807) is 9.80 Å². The molecule has 0 unspecified atom stereocenters. The molecule has 0 aliphatic carbocycles. The Morgan fingerprint density at radius 3 is 1.38 bits per heavy atom. The molecule has 0 bridgehead atoms. The predicted molar refractivity (Wildman–Crippen MR) is 89.5 cm³/mol. The van der Waals surface area contributed by atoms with Gasteiger partial charge in [-0.3, -0.25) is 9.59 Å². The van der Waals surface area contributed by atoms with Gasteiger partial charge < -0.3 is 19.3 Å². The summed E-state index contributed by atoms with van der Waals surface area (Å²) in [6.45, 7) is 13.0. The van der Waals surface area contributed by atoms with Gasteiger partial charge in [-0.2, -0.15) is 0 Å². The summed E-state index contributed by atoms with van der Waals surface area (Å²) in [5.41, 5.74) is -0.541. The smallest absolute Gasteiger partial charge is 0.246 e. The van der Waals surface area contributed by atoms with Gasteiger partial charge in [-0.05, 0) is 41.5 Å². The number of rotatable bonds is 2. The standard InChI is InChI=1S/C18H30N2O4/c1-17(2,3)23-11-7-13-15(21)20-10-12(24-18(4,5)6)8-14(20)16(22)19(13)9-11/h11-14H,7-10H2,1-6H3/t11-,12-,13+,14+/m1/s1. The van der Waals surface area contributed by atoms with Gasteiger partial charge in [0, 0.05) is 25.9 Å². The minimum absolute atomic E-state index is 0.0552. The molecule has 6 heteroatoms. The molecule has 0 saturated carbocycles. The van der Waals surface area contributed by atoms with Crippen molar-refractivity contribution in [3.05, 3.63) is 0 Å². The van der Waals surface area contributed by atoms with Crippen LogP contribution in [0.5, 0.6) is 0 Å². The van der Waals surface area contributed by atoms with E-state index >= 15 is 0 Å². The van der Waals surface area contributed by atoms with Gasteiger partial charge in [0.15, 0.2) is 0 Å². The maximum atomic E-state index is 12.9. The van der Waals surface area contributed by atoms with E-state index in [0.29, 0.717) is 25.9 Å². The highest BCUT2D eigenvalue weighted by atomic mass is 16.5. The van der Waals surface area contributed by atoms with Crippen LogP contribution >= 0.6 is 0 Å². The van der Waals surface area contributed by atoms with Crippen molar-refractivity contribution in [2.45, 2.75) is 89.9 Å². The number of nitrogens with zero attached hydrogens (tertiary/aromatic N) is 2. The Hall–Kier alpha value is -1.14. The van der Waals surface area contributed by atoms with Crippen LogP contribution in [0.2, 0.25) is 0 Å². The van der Waals surface area contributed by atoms with Gasteiger partial charge >= 0.3 is 0 Å². The number of hydrogen-bond donors (Lipinski definition) is 0. The molecule has 3 fully saturated rings. The van der Waals surface area contributed by atoms with Gasteiger partial charge in [0.05, 0.1) is 23.4 Å². The molecule has 24 heavy (non-hydrogen) atoms. The topological polar surface area (TPSA) is 59.1 Å². The van der Waals surface area contributed by atoms with Crippen LogP contribution in [0, 0.1) is 0 Å². The lowest BCUT2D eigenvalue weighted by atomic mass is 10.1. The quantitative estimate of drug-likeness (QED) is 0.767. The van der Waals surface area contributed by atoms with Crippen molar-refractivity contribution in [2.24, 2.45) is 0 Å². The molecule has 3 aliphatic rings. The zero-order valence-corrected chi connectivity index (χ0v) is 15.7. The highest BCUT2D eigenvalue weighted by Gasteiger charge is 2.54. The van der Waals surface area contributed by atoms with Crippen molar-refractivity contribution < 1.29 is 19.1 Å². The molecule has 0 aromatic heterocycles. The fourth-order valence-electron chi connectivity index (χ4n) is 4.10. The lowest BCUT2D eigenvalue weighted by molar-refractivity contribution is -0.157. The maximum absolute atomic E-state index is 12.9. The highest BCUT2D eigenvalue weighted by Crippen LogP contribution is 2.35. The zero-order chi connectivity index (χ0) is 17.9. The van der Waals surface area contributed by atoms with Crippen LogP contribution in [0.3, 0.4) is 0 Å². The molecule has 3 saturated heterocycles. The molecule has 0 radical (unpaired) electrons. The minimum Gasteiger partial charge on any atom is -0.371 e. The van der Waals surface area contributed by atoms with Gasteiger partial charge in [-0.1, -0.05) is 0 Å². The fraction of sp³-hybridized carbons (Fsp3) is 0.889. The van der Waals surface area contributed by atoms with Crippen LogP contribution in [-0.2, 0) is 19.1 Å². The Balaban J connectivity index is 1.71. The van der Waals surface area contributed by atoms with E-state index in [-0.39, 0.29) is 47.3 Å². The molecule has 4 atom stereocenters. The van der Waals surface area contributed by atoms with E-state index in [4.69, 9.17) is 9.47 Å². The Labute approximate surface area is 144 Å². The SMILES string of the molecule is CC(C)(C)O[C@@H]1C[C@H]2C(=O)N3C[C@H](OC(C)(C)C)C[C@H]3C(=O)N2C1. The molecule has 0 spiro atoms. The van der Waals surface area contributed by atoms with E-state index < -0.39 is 0 Å². The zero-order valence-electron chi connectivity index (χ0n) is 15.7. The van der Waals surface area contributed by atoms with Crippen LogP contribution in [0.4, 0.5) is 0 Å². The first-order chi connectivity index (χ1) is 10.9. The van der Waals surface area contributed by atoms with Crippen molar-refractivity contribution in [3.63, 3.8) is 0 Å². The second-order valence-corrected chi connectivity index (χ2v) is 9.19. The number of carbonyl (C=O) groups is 2. The van der Waals surface area contributed by atoms with Crippen LogP contribution in [0.15, 0.2) is 0 Å². The monoisotopic (exact) mass is 338 g/mol. The van der Waals surface area contributed by atoms with Crippen molar-refractivity contribution in [2.75, 3.05) is 13.1 Å². The van der Waals surface area contributed by atoms with Gasteiger partial charge in [0.2, 0.25) is 11.8 Å². The number of hydrogen-bond acceptors (Lipinski definition) is 4. The van der Waals surface area contributed by atoms with E-state index in [2.05, 4.69) is 0 Å². The van der Waals surface area contributed by atoms with Crippen molar-refractivity contribution in [3.8, 4) is 0 Å². The van der Waals surface area contributed by atoms with E-state index in [9.17, 15) is 9.59 Å². The third kappa shape index (κ3) is 3.45. The van der Waals surface area contributed by atoms with Gasteiger partial charge in [0.25, 0.3) is 0 Å². The molecule has 136 valence electrons. The van der Waals surface area contributed by atoms with Crippen molar-refractivity contribution in [1.82, 2.24) is 9.80 Å². The third-order valence-electron chi connectivity index (χ3n) is 4.70. The van der Waals surface area contributed by atoms with Gasteiger partial charge in [-0.25, -0.2) is 0 Å². The van der Waals surface area contributed by atoms with Gasteiger partial charge in [-0.15, -0.1) is 0 Å². The van der Waals surface area contributed by atoms with E-state index in [0.717, 1.165) is 0 Å². The Morgan fingerprint density at radius 2 is 1.08 bits per heavy atom. The normalized spacial score (nSPS) is 33.9. The van der Waals surface area contributed by atoms with Crippen LogP contribution in [0.25, 0.3) is 0 Å². The summed E-state index contributed by atoms with van der Waals surface area (Å²) in [5, 5.41) is 0. The molecule has 0 N–H and O–H groups in total. The molecule has 2 amide bonds. The lowest BCUT2D eigenvalue weighted by Gasteiger charge is -2.38. The Bertz CT molecular complexity index is 458. The lowest BCUT2D eigenvalue weighted by Crippen LogP contribution is -2.60. The summed E-state index contributed by atoms with van der Waals surface area (Å²) in [6, 6.07) is -0.732. The Morgan fingerprint density at radius 1 is 0.750 bits per heavy atom. The van der Waals surface area contributed by atoms with Crippen LogP contribution < -0.4 is 0 Å². The second kappa shape index (κ2) is 5.70. The highest BCUT2D eigenvalue weighted by molar-refractivity contribution is 5.98.